The number of aliphatic imine (C=N–C) groups is 1. The standard InChI is InChI=1S/C21H31N3O2S.HI/c1-2-22-20(24-12-14-26-19(15-24)18-9-6-13-25-18)23-16-21(10-11-21)27-17-7-4-3-5-8-17;/h3-5,7-8,18-19H,2,6,9-16H2,1H3,(H,22,23);1H. The molecule has 2 unspecified atom stereocenters. The normalized spacial score (nSPS) is 26.6. The van der Waals surface area contributed by atoms with Gasteiger partial charge >= 0.3 is 0 Å². The Morgan fingerprint density at radius 3 is 2.68 bits per heavy atom. The van der Waals surface area contributed by atoms with Crippen molar-refractivity contribution in [3.8, 4) is 0 Å². The second-order valence-electron chi connectivity index (χ2n) is 7.68. The Morgan fingerprint density at radius 1 is 1.21 bits per heavy atom. The van der Waals surface area contributed by atoms with E-state index in [0.29, 0.717) is 0 Å². The number of nitrogens with one attached hydrogen (secondary N) is 1. The van der Waals surface area contributed by atoms with E-state index in [0.717, 1.165) is 58.2 Å². The Kier molecular flexibility index (Phi) is 8.32. The van der Waals surface area contributed by atoms with Crippen molar-refractivity contribution in [1.82, 2.24) is 10.2 Å². The van der Waals surface area contributed by atoms with Gasteiger partial charge in [-0.2, -0.15) is 0 Å². The van der Waals surface area contributed by atoms with Crippen molar-refractivity contribution in [3.63, 3.8) is 0 Å². The fourth-order valence-electron chi connectivity index (χ4n) is 3.80. The predicted octanol–water partition coefficient (Wildman–Crippen LogP) is 3.77. The van der Waals surface area contributed by atoms with E-state index >= 15 is 0 Å². The van der Waals surface area contributed by atoms with Crippen LogP contribution in [-0.2, 0) is 9.47 Å². The summed E-state index contributed by atoms with van der Waals surface area (Å²) in [5.74, 6) is 1.03. The smallest absolute Gasteiger partial charge is 0.194 e. The van der Waals surface area contributed by atoms with Crippen molar-refractivity contribution < 1.29 is 9.47 Å². The first-order valence-corrected chi connectivity index (χ1v) is 11.1. The molecule has 0 spiro atoms. The summed E-state index contributed by atoms with van der Waals surface area (Å²) in [5.41, 5.74) is 0. The second-order valence-corrected chi connectivity index (χ2v) is 9.22. The Bertz CT molecular complexity index is 636. The van der Waals surface area contributed by atoms with Crippen molar-refractivity contribution in [1.29, 1.82) is 0 Å². The maximum Gasteiger partial charge on any atom is 0.194 e. The summed E-state index contributed by atoms with van der Waals surface area (Å²) in [6, 6.07) is 10.7. The molecule has 3 fully saturated rings. The van der Waals surface area contributed by atoms with Gasteiger partial charge in [0.15, 0.2) is 5.96 Å². The third kappa shape index (κ3) is 5.77. The van der Waals surface area contributed by atoms with E-state index in [2.05, 4.69) is 47.5 Å². The number of hydrogen-bond donors (Lipinski definition) is 1. The van der Waals surface area contributed by atoms with Gasteiger partial charge in [-0.1, -0.05) is 18.2 Å². The molecule has 3 aliphatic rings. The van der Waals surface area contributed by atoms with Crippen LogP contribution < -0.4 is 5.32 Å². The van der Waals surface area contributed by atoms with E-state index in [1.165, 1.54) is 17.7 Å². The number of guanidine groups is 1. The fraction of sp³-hybridized carbons (Fsp3) is 0.667. The summed E-state index contributed by atoms with van der Waals surface area (Å²) in [4.78, 5) is 8.75. The molecular weight excluding hydrogens is 485 g/mol. The van der Waals surface area contributed by atoms with Crippen molar-refractivity contribution in [2.45, 2.75) is 54.5 Å². The van der Waals surface area contributed by atoms with E-state index in [4.69, 9.17) is 14.5 Å². The minimum absolute atomic E-state index is 0. The van der Waals surface area contributed by atoms with Gasteiger partial charge in [0, 0.05) is 35.9 Å². The molecule has 2 atom stereocenters. The Morgan fingerprint density at radius 2 is 2.00 bits per heavy atom. The van der Waals surface area contributed by atoms with E-state index < -0.39 is 0 Å². The van der Waals surface area contributed by atoms with Gasteiger partial charge in [-0.05, 0) is 44.7 Å². The Hall–Kier alpha value is -0.510. The molecule has 1 aromatic rings. The zero-order valence-corrected chi connectivity index (χ0v) is 19.8. The molecule has 2 saturated heterocycles. The van der Waals surface area contributed by atoms with Gasteiger partial charge in [-0.25, -0.2) is 0 Å². The SMILES string of the molecule is CCNC(=NCC1(Sc2ccccc2)CC1)N1CCOC(C2CCCO2)C1.I. The average molecular weight is 517 g/mol. The van der Waals surface area contributed by atoms with Crippen LogP contribution in [0.25, 0.3) is 0 Å². The van der Waals surface area contributed by atoms with Crippen LogP contribution in [0.1, 0.15) is 32.6 Å². The number of ether oxygens (including phenoxy) is 2. The van der Waals surface area contributed by atoms with Gasteiger partial charge in [0.05, 0.1) is 19.3 Å². The lowest BCUT2D eigenvalue weighted by Gasteiger charge is -2.37. The minimum atomic E-state index is 0. The van der Waals surface area contributed by atoms with E-state index in [1.54, 1.807) is 0 Å². The van der Waals surface area contributed by atoms with E-state index in [1.807, 2.05) is 11.8 Å². The molecule has 156 valence electrons. The lowest BCUT2D eigenvalue weighted by molar-refractivity contribution is -0.0817. The molecule has 2 heterocycles. The fourth-order valence-corrected chi connectivity index (χ4v) is 5.03. The second kappa shape index (κ2) is 10.5. The van der Waals surface area contributed by atoms with E-state index in [9.17, 15) is 0 Å². The molecule has 1 saturated carbocycles. The topological polar surface area (TPSA) is 46.1 Å². The van der Waals surface area contributed by atoms with Gasteiger partial charge < -0.3 is 19.7 Å². The molecule has 7 heteroatoms. The molecule has 5 nitrogen and oxygen atoms in total. The zero-order valence-electron chi connectivity index (χ0n) is 16.6. The van der Waals surface area contributed by atoms with Gasteiger partial charge in [0.2, 0.25) is 0 Å². The molecule has 0 radical (unpaired) electrons. The number of benzene rings is 1. The maximum atomic E-state index is 6.00. The number of nitrogens with zero attached hydrogens (tertiary/aromatic N) is 2. The van der Waals surface area contributed by atoms with Crippen LogP contribution in [0.15, 0.2) is 40.2 Å². The van der Waals surface area contributed by atoms with Crippen LogP contribution in [0.3, 0.4) is 0 Å². The summed E-state index contributed by atoms with van der Waals surface area (Å²) in [6.45, 7) is 7.29. The lowest BCUT2D eigenvalue weighted by atomic mass is 10.1. The van der Waals surface area contributed by atoms with Crippen LogP contribution in [-0.4, -0.2) is 67.2 Å². The molecular formula is C21H32IN3O2S. The monoisotopic (exact) mass is 517 g/mol. The van der Waals surface area contributed by atoms with Crippen LogP contribution in [0.2, 0.25) is 0 Å². The largest absolute Gasteiger partial charge is 0.375 e. The zero-order chi connectivity index (χ0) is 18.5. The Labute approximate surface area is 190 Å². The van der Waals surface area contributed by atoms with Crippen molar-refractivity contribution >= 4 is 41.7 Å². The predicted molar refractivity (Wildman–Crippen MR) is 126 cm³/mol. The summed E-state index contributed by atoms with van der Waals surface area (Å²) < 4.78 is 12.1. The summed E-state index contributed by atoms with van der Waals surface area (Å²) >= 11 is 1.99. The average Bonchev–Trinajstić information content (AvgIpc) is 3.24. The first-order valence-electron chi connectivity index (χ1n) is 10.3. The van der Waals surface area contributed by atoms with Crippen LogP contribution in [0, 0.1) is 0 Å². The molecule has 2 aliphatic heterocycles. The third-order valence-electron chi connectivity index (χ3n) is 5.51. The van der Waals surface area contributed by atoms with Crippen molar-refractivity contribution in [3.05, 3.63) is 30.3 Å². The van der Waals surface area contributed by atoms with Crippen LogP contribution in [0.4, 0.5) is 0 Å². The highest BCUT2D eigenvalue weighted by Gasteiger charge is 2.44. The first-order chi connectivity index (χ1) is 13.3. The first kappa shape index (κ1) is 22.2. The summed E-state index contributed by atoms with van der Waals surface area (Å²) in [7, 11) is 0. The summed E-state index contributed by atoms with van der Waals surface area (Å²) in [6.07, 6.45) is 5.17. The molecule has 1 aromatic carbocycles. The third-order valence-corrected chi connectivity index (χ3v) is 6.99. The molecule has 1 N–H and O–H groups in total. The number of halogens is 1. The highest BCUT2D eigenvalue weighted by atomic mass is 127. The summed E-state index contributed by atoms with van der Waals surface area (Å²) in [5, 5.41) is 3.50. The lowest BCUT2D eigenvalue weighted by Crippen LogP contribution is -2.53. The van der Waals surface area contributed by atoms with E-state index in [-0.39, 0.29) is 40.9 Å². The minimum Gasteiger partial charge on any atom is -0.375 e. The van der Waals surface area contributed by atoms with Crippen LogP contribution in [0.5, 0.6) is 0 Å². The number of rotatable bonds is 6. The highest BCUT2D eigenvalue weighted by Crippen LogP contribution is 2.51. The molecule has 0 aromatic heterocycles. The molecule has 28 heavy (non-hydrogen) atoms. The number of thioether (sulfide) groups is 1. The van der Waals surface area contributed by atoms with Crippen molar-refractivity contribution in [2.75, 3.05) is 39.4 Å². The molecule has 0 amide bonds. The molecule has 4 rings (SSSR count). The van der Waals surface area contributed by atoms with Crippen molar-refractivity contribution in [2.24, 2.45) is 4.99 Å². The van der Waals surface area contributed by atoms with Gasteiger partial charge in [0.1, 0.15) is 6.10 Å². The Balaban J connectivity index is 0.00000225. The number of morpholine rings is 1. The van der Waals surface area contributed by atoms with Gasteiger partial charge in [-0.3, -0.25) is 4.99 Å². The molecule has 1 aliphatic carbocycles. The molecule has 0 bridgehead atoms. The highest BCUT2D eigenvalue weighted by molar-refractivity contribution is 14.0. The van der Waals surface area contributed by atoms with Gasteiger partial charge in [0.25, 0.3) is 0 Å². The van der Waals surface area contributed by atoms with Crippen LogP contribution >= 0.6 is 35.7 Å². The quantitative estimate of drug-likeness (QED) is 0.354. The maximum absolute atomic E-state index is 6.00. The number of hydrogen-bond acceptors (Lipinski definition) is 4. The van der Waals surface area contributed by atoms with Gasteiger partial charge in [-0.15, -0.1) is 35.7 Å².